The molecule has 2 aromatic rings. The van der Waals surface area contributed by atoms with Crippen LogP contribution in [-0.2, 0) is 11.2 Å². The molecule has 25 heavy (non-hydrogen) atoms. The Morgan fingerprint density at radius 3 is 2.80 bits per heavy atom. The van der Waals surface area contributed by atoms with Gasteiger partial charge in [0.25, 0.3) is 0 Å². The van der Waals surface area contributed by atoms with E-state index < -0.39 is 0 Å². The second kappa shape index (κ2) is 5.73. The van der Waals surface area contributed by atoms with E-state index in [-0.39, 0.29) is 5.41 Å². The molecular weight excluding hydrogens is 320 g/mol. The van der Waals surface area contributed by atoms with E-state index in [0.29, 0.717) is 25.0 Å². The zero-order valence-electron chi connectivity index (χ0n) is 14.4. The lowest BCUT2D eigenvalue weighted by molar-refractivity contribution is 0.139. The molecule has 0 bridgehead atoms. The van der Waals surface area contributed by atoms with E-state index in [0.717, 1.165) is 42.7 Å². The smallest absolute Gasteiger partial charge is 0.230 e. The zero-order chi connectivity index (χ0) is 16.9. The van der Waals surface area contributed by atoms with Crippen molar-refractivity contribution in [2.45, 2.75) is 37.5 Å². The van der Waals surface area contributed by atoms with Crippen molar-refractivity contribution >= 4 is 0 Å². The third kappa shape index (κ3) is 2.88. The Morgan fingerprint density at radius 1 is 1.16 bits per heavy atom. The van der Waals surface area contributed by atoms with Crippen molar-refractivity contribution < 1.29 is 18.7 Å². The molecule has 2 fully saturated rings. The van der Waals surface area contributed by atoms with Gasteiger partial charge in [0, 0.05) is 24.9 Å². The van der Waals surface area contributed by atoms with Gasteiger partial charge in [-0.3, -0.25) is 0 Å². The molecule has 2 heterocycles. The summed E-state index contributed by atoms with van der Waals surface area (Å²) in [7, 11) is 1.75. The Labute approximate surface area is 146 Å². The van der Waals surface area contributed by atoms with Crippen LogP contribution >= 0.6 is 0 Å². The molecule has 132 valence electrons. The van der Waals surface area contributed by atoms with Crippen LogP contribution in [0.1, 0.15) is 48.4 Å². The first-order chi connectivity index (χ1) is 12.3. The minimum atomic E-state index is 0.245. The molecule has 0 N–H and O–H groups in total. The van der Waals surface area contributed by atoms with Crippen LogP contribution in [0.5, 0.6) is 11.5 Å². The molecule has 0 unspecified atom stereocenters. The second-order valence-corrected chi connectivity index (χ2v) is 7.51. The van der Waals surface area contributed by atoms with Crippen molar-refractivity contribution in [3.8, 4) is 11.5 Å². The van der Waals surface area contributed by atoms with Gasteiger partial charge in [0.05, 0.1) is 6.61 Å². The summed E-state index contributed by atoms with van der Waals surface area (Å²) >= 11 is 0. The molecule has 1 aromatic heterocycles. The Hall–Kier alpha value is -2.08. The summed E-state index contributed by atoms with van der Waals surface area (Å²) in [5.41, 5.74) is 1.50. The molecule has 5 rings (SSSR count). The number of hydrogen-bond donors (Lipinski definition) is 0. The average Bonchev–Trinajstić information content (AvgIpc) is 3.54. The van der Waals surface area contributed by atoms with Gasteiger partial charge in [0.1, 0.15) is 13.2 Å². The van der Waals surface area contributed by atoms with Crippen LogP contribution in [0.3, 0.4) is 0 Å². The normalized spacial score (nSPS) is 25.6. The molecule has 0 saturated heterocycles. The van der Waals surface area contributed by atoms with Gasteiger partial charge in [0.15, 0.2) is 17.3 Å². The minimum absolute atomic E-state index is 0.245. The van der Waals surface area contributed by atoms with Crippen LogP contribution in [0.25, 0.3) is 0 Å². The van der Waals surface area contributed by atoms with Crippen LogP contribution in [-0.4, -0.2) is 37.1 Å². The second-order valence-electron chi connectivity index (χ2n) is 7.51. The summed E-state index contributed by atoms with van der Waals surface area (Å²) in [6.45, 7) is 2.01. The minimum Gasteiger partial charge on any atom is -0.486 e. The van der Waals surface area contributed by atoms with Crippen LogP contribution < -0.4 is 9.47 Å². The largest absolute Gasteiger partial charge is 0.486 e. The van der Waals surface area contributed by atoms with Crippen molar-refractivity contribution in [3.05, 3.63) is 35.5 Å². The van der Waals surface area contributed by atoms with Crippen LogP contribution in [0, 0.1) is 5.41 Å². The van der Waals surface area contributed by atoms with E-state index in [9.17, 15) is 0 Å². The summed E-state index contributed by atoms with van der Waals surface area (Å²) in [4.78, 5) is 4.65. The first-order valence-corrected chi connectivity index (χ1v) is 8.97. The summed E-state index contributed by atoms with van der Waals surface area (Å²) in [5.74, 6) is 4.01. The lowest BCUT2D eigenvalue weighted by Crippen LogP contribution is -2.15. The Balaban J connectivity index is 1.27. The number of hydrogen-bond acceptors (Lipinski definition) is 6. The van der Waals surface area contributed by atoms with Gasteiger partial charge in [-0.05, 0) is 42.9 Å². The fourth-order valence-corrected chi connectivity index (χ4v) is 3.81. The van der Waals surface area contributed by atoms with Gasteiger partial charge in [-0.1, -0.05) is 11.2 Å². The van der Waals surface area contributed by atoms with Crippen molar-refractivity contribution in [1.82, 2.24) is 10.1 Å². The Kier molecular flexibility index (Phi) is 3.48. The fraction of sp³-hybridized carbons (Fsp3) is 0.579. The van der Waals surface area contributed by atoms with E-state index in [4.69, 9.17) is 18.7 Å². The lowest BCUT2D eigenvalue weighted by atomic mass is 10.0. The highest BCUT2D eigenvalue weighted by atomic mass is 16.6. The molecule has 2 aliphatic carbocycles. The maximum absolute atomic E-state index is 5.68. The van der Waals surface area contributed by atoms with E-state index in [1.54, 1.807) is 7.11 Å². The average molecular weight is 342 g/mol. The van der Waals surface area contributed by atoms with Crippen molar-refractivity contribution in [1.29, 1.82) is 0 Å². The quantitative estimate of drug-likeness (QED) is 0.804. The summed E-state index contributed by atoms with van der Waals surface area (Å²) in [6, 6.07) is 6.21. The highest BCUT2D eigenvalue weighted by Gasteiger charge is 2.46. The predicted molar refractivity (Wildman–Crippen MR) is 89.1 cm³/mol. The number of rotatable bonds is 6. The van der Waals surface area contributed by atoms with E-state index >= 15 is 0 Å². The first kappa shape index (κ1) is 15.2. The van der Waals surface area contributed by atoms with Crippen molar-refractivity contribution in [2.75, 3.05) is 26.9 Å². The Bertz CT molecular complexity index is 783. The molecular formula is C19H22N2O4. The Morgan fingerprint density at radius 2 is 2.00 bits per heavy atom. The fourth-order valence-electron chi connectivity index (χ4n) is 3.81. The lowest BCUT2D eigenvalue weighted by Gasteiger charge is -2.18. The third-order valence-corrected chi connectivity index (χ3v) is 5.53. The molecule has 6 heteroatoms. The van der Waals surface area contributed by atoms with Gasteiger partial charge in [-0.15, -0.1) is 0 Å². The number of nitrogens with zero attached hydrogens (tertiary/aromatic N) is 2. The maximum atomic E-state index is 5.68. The molecule has 2 saturated carbocycles. The van der Waals surface area contributed by atoms with E-state index in [1.807, 2.05) is 6.07 Å². The zero-order valence-corrected chi connectivity index (χ0v) is 14.4. The van der Waals surface area contributed by atoms with E-state index in [1.165, 1.54) is 18.4 Å². The SMILES string of the molecule is COCC1(Cc2noc([C@H]3C[C@H]3c3ccc4c(c3)OCCO4)n2)CC1. The molecule has 1 aliphatic heterocycles. The van der Waals surface area contributed by atoms with Gasteiger partial charge < -0.3 is 18.7 Å². The van der Waals surface area contributed by atoms with Gasteiger partial charge in [-0.25, -0.2) is 0 Å². The summed E-state index contributed by atoms with van der Waals surface area (Å²) < 4.78 is 22.1. The third-order valence-electron chi connectivity index (χ3n) is 5.53. The van der Waals surface area contributed by atoms with Crippen molar-refractivity contribution in [2.24, 2.45) is 5.41 Å². The number of aromatic nitrogens is 2. The predicted octanol–water partition coefficient (Wildman–Crippen LogP) is 3.08. The van der Waals surface area contributed by atoms with Gasteiger partial charge in [-0.2, -0.15) is 4.98 Å². The van der Waals surface area contributed by atoms with E-state index in [2.05, 4.69) is 22.3 Å². The number of methoxy groups -OCH3 is 1. The molecule has 0 spiro atoms. The molecule has 0 amide bonds. The summed E-state index contributed by atoms with van der Waals surface area (Å²) in [5, 5.41) is 4.20. The summed E-state index contributed by atoms with van der Waals surface area (Å²) in [6.07, 6.45) is 4.28. The highest BCUT2D eigenvalue weighted by Crippen LogP contribution is 2.55. The molecule has 6 nitrogen and oxygen atoms in total. The van der Waals surface area contributed by atoms with Gasteiger partial charge in [0.2, 0.25) is 5.89 Å². The molecule has 2 atom stereocenters. The van der Waals surface area contributed by atoms with Crippen LogP contribution in [0.4, 0.5) is 0 Å². The molecule has 1 aromatic carbocycles. The first-order valence-electron chi connectivity index (χ1n) is 8.97. The highest BCUT2D eigenvalue weighted by molar-refractivity contribution is 5.46. The molecule has 3 aliphatic rings. The molecule has 0 radical (unpaired) electrons. The topological polar surface area (TPSA) is 66.6 Å². The number of fused-ring (bicyclic) bond motifs is 1. The van der Waals surface area contributed by atoms with Crippen molar-refractivity contribution in [3.63, 3.8) is 0 Å². The number of ether oxygens (including phenoxy) is 3. The number of benzene rings is 1. The van der Waals surface area contributed by atoms with Crippen LogP contribution in [0.15, 0.2) is 22.7 Å². The standard InChI is InChI=1S/C19H22N2O4/c1-22-11-19(4-5-19)10-17-20-18(25-21-17)14-9-13(14)12-2-3-15-16(8-12)24-7-6-23-15/h2-3,8,13-14H,4-7,9-11H2,1H3/t13-,14-/m0/s1. The monoisotopic (exact) mass is 342 g/mol. The van der Waals surface area contributed by atoms with Crippen LogP contribution in [0.2, 0.25) is 0 Å². The maximum Gasteiger partial charge on any atom is 0.230 e. The van der Waals surface area contributed by atoms with Gasteiger partial charge >= 0.3 is 0 Å².